The molecular weight excluding hydrogens is 236 g/mol. The van der Waals surface area contributed by atoms with E-state index in [0.29, 0.717) is 13.2 Å². The van der Waals surface area contributed by atoms with Crippen molar-refractivity contribution >= 4 is 11.3 Å². The van der Waals surface area contributed by atoms with Crippen LogP contribution in [0.5, 0.6) is 0 Å². The topological polar surface area (TPSA) is 43.4 Å². The minimum absolute atomic E-state index is 0.120. The Bertz CT molecular complexity index is 339. The average molecular weight is 256 g/mol. The molecule has 96 valence electrons. The lowest BCUT2D eigenvalue weighted by molar-refractivity contribution is -0.00123. The predicted octanol–water partition coefficient (Wildman–Crippen LogP) is 1.95. The molecule has 0 bridgehead atoms. The minimum Gasteiger partial charge on any atom is -0.382 e. The van der Waals surface area contributed by atoms with E-state index >= 15 is 0 Å². The first-order chi connectivity index (χ1) is 8.28. The molecule has 1 atom stereocenters. The summed E-state index contributed by atoms with van der Waals surface area (Å²) in [6, 6.07) is 0.736. The lowest BCUT2D eigenvalue weighted by Crippen LogP contribution is -2.16. The van der Waals surface area contributed by atoms with E-state index in [0.717, 1.165) is 23.3 Å². The van der Waals surface area contributed by atoms with Gasteiger partial charge in [-0.15, -0.1) is 11.3 Å². The number of nitrogens with one attached hydrogen (secondary N) is 1. The van der Waals surface area contributed by atoms with Gasteiger partial charge in [0, 0.05) is 25.1 Å². The molecule has 1 aromatic heterocycles. The van der Waals surface area contributed by atoms with E-state index in [1.54, 1.807) is 18.4 Å². The summed E-state index contributed by atoms with van der Waals surface area (Å²) in [5.41, 5.74) is 1.02. The quantitative estimate of drug-likeness (QED) is 0.772. The Morgan fingerprint density at radius 2 is 2.41 bits per heavy atom. The van der Waals surface area contributed by atoms with Crippen LogP contribution < -0.4 is 5.32 Å². The third kappa shape index (κ3) is 4.71. The van der Waals surface area contributed by atoms with Gasteiger partial charge >= 0.3 is 0 Å². The number of nitrogens with zero attached hydrogens (tertiary/aromatic N) is 1. The first-order valence-corrected chi connectivity index (χ1v) is 6.93. The van der Waals surface area contributed by atoms with Gasteiger partial charge in [-0.05, 0) is 19.8 Å². The van der Waals surface area contributed by atoms with Crippen LogP contribution in [0.3, 0.4) is 0 Å². The highest BCUT2D eigenvalue weighted by Crippen LogP contribution is 2.20. The van der Waals surface area contributed by atoms with Crippen molar-refractivity contribution in [2.24, 2.45) is 0 Å². The number of methoxy groups -OCH3 is 1. The number of hydrogen-bond acceptors (Lipinski definition) is 5. The summed E-state index contributed by atoms with van der Waals surface area (Å²) in [7, 11) is 1.68. The summed E-state index contributed by atoms with van der Waals surface area (Å²) in [5, 5.41) is 6.68. The summed E-state index contributed by atoms with van der Waals surface area (Å²) in [6.07, 6.45) is 2.75. The Kier molecular flexibility index (Phi) is 4.91. The van der Waals surface area contributed by atoms with E-state index in [2.05, 4.69) is 15.7 Å². The highest BCUT2D eigenvalue weighted by atomic mass is 32.1. The van der Waals surface area contributed by atoms with E-state index in [4.69, 9.17) is 9.47 Å². The summed E-state index contributed by atoms with van der Waals surface area (Å²) < 4.78 is 10.6. The number of rotatable bonds is 8. The molecule has 17 heavy (non-hydrogen) atoms. The van der Waals surface area contributed by atoms with E-state index in [1.165, 1.54) is 12.8 Å². The fourth-order valence-electron chi connectivity index (χ4n) is 1.53. The zero-order valence-electron chi connectivity index (χ0n) is 10.4. The number of aromatic nitrogens is 1. The molecular formula is C12H20N2O2S. The van der Waals surface area contributed by atoms with Gasteiger partial charge in [0.1, 0.15) is 5.01 Å². The van der Waals surface area contributed by atoms with Crippen molar-refractivity contribution in [3.8, 4) is 0 Å². The van der Waals surface area contributed by atoms with Gasteiger partial charge in [-0.3, -0.25) is 0 Å². The highest BCUT2D eigenvalue weighted by molar-refractivity contribution is 7.09. The van der Waals surface area contributed by atoms with Gasteiger partial charge < -0.3 is 14.8 Å². The second-order valence-corrected chi connectivity index (χ2v) is 5.41. The number of ether oxygens (including phenoxy) is 2. The lowest BCUT2D eigenvalue weighted by Gasteiger charge is -2.10. The van der Waals surface area contributed by atoms with Crippen molar-refractivity contribution in [1.82, 2.24) is 10.3 Å². The molecule has 1 aliphatic rings. The monoisotopic (exact) mass is 256 g/mol. The Hall–Kier alpha value is -0.490. The molecule has 1 saturated carbocycles. The normalized spacial score (nSPS) is 17.3. The van der Waals surface area contributed by atoms with Gasteiger partial charge in [-0.25, -0.2) is 4.98 Å². The zero-order valence-corrected chi connectivity index (χ0v) is 11.3. The van der Waals surface area contributed by atoms with Crippen LogP contribution in [-0.4, -0.2) is 30.8 Å². The van der Waals surface area contributed by atoms with Crippen molar-refractivity contribution in [3.05, 3.63) is 16.1 Å². The fourth-order valence-corrected chi connectivity index (χ4v) is 2.26. The van der Waals surface area contributed by atoms with Gasteiger partial charge in [-0.1, -0.05) is 0 Å². The molecule has 0 aromatic carbocycles. The average Bonchev–Trinajstić information content (AvgIpc) is 3.03. The highest BCUT2D eigenvalue weighted by Gasteiger charge is 2.20. The predicted molar refractivity (Wildman–Crippen MR) is 68.1 cm³/mol. The molecule has 1 unspecified atom stereocenters. The molecule has 1 aliphatic carbocycles. The van der Waals surface area contributed by atoms with Gasteiger partial charge in [0.25, 0.3) is 0 Å². The van der Waals surface area contributed by atoms with E-state index in [-0.39, 0.29) is 6.10 Å². The third-order valence-electron chi connectivity index (χ3n) is 2.64. The van der Waals surface area contributed by atoms with Crippen molar-refractivity contribution in [2.75, 3.05) is 13.7 Å². The van der Waals surface area contributed by atoms with Crippen LogP contribution >= 0.6 is 11.3 Å². The van der Waals surface area contributed by atoms with Crippen LogP contribution in [0.4, 0.5) is 0 Å². The molecule has 0 amide bonds. The van der Waals surface area contributed by atoms with Crippen molar-refractivity contribution in [3.63, 3.8) is 0 Å². The Morgan fingerprint density at radius 1 is 1.59 bits per heavy atom. The van der Waals surface area contributed by atoms with E-state index < -0.39 is 0 Å². The Balaban J connectivity index is 1.69. The molecule has 1 N–H and O–H groups in total. The Labute approximate surface area is 106 Å². The molecule has 4 nitrogen and oxygen atoms in total. The maximum atomic E-state index is 5.62. The van der Waals surface area contributed by atoms with Gasteiger partial charge in [0.15, 0.2) is 0 Å². The number of hydrogen-bond donors (Lipinski definition) is 1. The van der Waals surface area contributed by atoms with Crippen molar-refractivity contribution < 1.29 is 9.47 Å². The summed E-state index contributed by atoms with van der Waals surface area (Å²) in [4.78, 5) is 4.53. The molecule has 0 aliphatic heterocycles. The summed E-state index contributed by atoms with van der Waals surface area (Å²) in [5.74, 6) is 0. The molecule has 1 fully saturated rings. The zero-order chi connectivity index (χ0) is 12.1. The third-order valence-corrected chi connectivity index (χ3v) is 3.53. The molecule has 0 spiro atoms. The minimum atomic E-state index is 0.120. The maximum absolute atomic E-state index is 5.62. The van der Waals surface area contributed by atoms with E-state index in [1.807, 2.05) is 6.92 Å². The van der Waals surface area contributed by atoms with Gasteiger partial charge in [-0.2, -0.15) is 0 Å². The fraction of sp³-hybridized carbons (Fsp3) is 0.750. The largest absolute Gasteiger partial charge is 0.382 e. The summed E-state index contributed by atoms with van der Waals surface area (Å²) in [6.45, 7) is 4.10. The van der Waals surface area contributed by atoms with Crippen LogP contribution in [0.15, 0.2) is 5.38 Å². The SMILES string of the molecule is COCC(C)OCc1csc(CNC2CC2)n1. The number of thiazole rings is 1. The molecule has 2 rings (SSSR count). The van der Waals surface area contributed by atoms with Crippen molar-refractivity contribution in [1.29, 1.82) is 0 Å². The van der Waals surface area contributed by atoms with Crippen molar-refractivity contribution in [2.45, 2.75) is 45.1 Å². The van der Waals surface area contributed by atoms with Crippen LogP contribution in [0.1, 0.15) is 30.5 Å². The van der Waals surface area contributed by atoms with Crippen LogP contribution in [-0.2, 0) is 22.6 Å². The summed E-state index contributed by atoms with van der Waals surface area (Å²) >= 11 is 1.70. The molecule has 0 saturated heterocycles. The molecule has 1 aromatic rings. The second-order valence-electron chi connectivity index (χ2n) is 4.46. The van der Waals surface area contributed by atoms with Crippen LogP contribution in [0.2, 0.25) is 0 Å². The smallest absolute Gasteiger partial charge is 0.107 e. The molecule has 1 heterocycles. The second kappa shape index (κ2) is 6.44. The molecule has 5 heteroatoms. The first kappa shape index (κ1) is 13.0. The lowest BCUT2D eigenvalue weighted by atomic mass is 10.4. The van der Waals surface area contributed by atoms with Gasteiger partial charge in [0.05, 0.1) is 25.0 Å². The van der Waals surface area contributed by atoms with Crippen LogP contribution in [0.25, 0.3) is 0 Å². The van der Waals surface area contributed by atoms with E-state index in [9.17, 15) is 0 Å². The Morgan fingerprint density at radius 3 is 3.12 bits per heavy atom. The van der Waals surface area contributed by atoms with Crippen LogP contribution in [0, 0.1) is 0 Å². The standard InChI is InChI=1S/C12H20N2O2S/c1-9(6-15-2)16-7-11-8-17-12(14-11)5-13-10-3-4-10/h8-10,13H,3-7H2,1-2H3. The van der Waals surface area contributed by atoms with Gasteiger partial charge in [0.2, 0.25) is 0 Å². The first-order valence-electron chi connectivity index (χ1n) is 6.05. The molecule has 0 radical (unpaired) electrons. The maximum Gasteiger partial charge on any atom is 0.107 e.